The summed E-state index contributed by atoms with van der Waals surface area (Å²) in [6, 6.07) is 22.9. The van der Waals surface area contributed by atoms with Crippen LogP contribution in [0.5, 0.6) is 0 Å². The maximum absolute atomic E-state index is 12.9. The molecule has 0 fully saturated rings. The molecule has 3 aromatic carbocycles. The number of rotatable bonds is 4. The highest BCUT2D eigenvalue weighted by Crippen LogP contribution is 2.39. The number of benzene rings is 3. The first-order valence-electron chi connectivity index (χ1n) is 10.9. The van der Waals surface area contributed by atoms with E-state index in [-0.39, 0.29) is 11.8 Å². The minimum absolute atomic E-state index is 0.175. The van der Waals surface area contributed by atoms with Gasteiger partial charge in [-0.3, -0.25) is 14.6 Å². The third-order valence-corrected chi connectivity index (χ3v) is 7.87. The standard InChI is InChI=1S/C27H18N4O2S2/c32-25(17-8-10-24-22(13-17)31-26(33)20-5-1-2-6-23(20)35-24)29-14-19-15-30-27(34-19)18-7-9-21-16(12-18)4-3-11-28-21/h1-13,15H,14H2,(H,29,32)(H,31,33). The van der Waals surface area contributed by atoms with Gasteiger partial charge in [-0.25, -0.2) is 4.98 Å². The summed E-state index contributed by atoms with van der Waals surface area (Å²) in [4.78, 5) is 37.1. The van der Waals surface area contributed by atoms with Crippen molar-refractivity contribution in [1.82, 2.24) is 15.3 Å². The maximum Gasteiger partial charge on any atom is 0.256 e. The molecule has 35 heavy (non-hydrogen) atoms. The van der Waals surface area contributed by atoms with Crippen LogP contribution in [-0.2, 0) is 6.54 Å². The van der Waals surface area contributed by atoms with Gasteiger partial charge in [0.15, 0.2) is 0 Å². The molecule has 0 radical (unpaired) electrons. The highest BCUT2D eigenvalue weighted by atomic mass is 32.2. The van der Waals surface area contributed by atoms with Crippen LogP contribution in [0, 0.1) is 0 Å². The molecule has 0 spiro atoms. The molecule has 1 aliphatic heterocycles. The molecule has 2 aromatic heterocycles. The summed E-state index contributed by atoms with van der Waals surface area (Å²) in [5, 5.41) is 7.85. The van der Waals surface area contributed by atoms with Gasteiger partial charge in [-0.1, -0.05) is 30.0 Å². The number of carbonyl (C=O) groups is 2. The Morgan fingerprint density at radius 1 is 0.943 bits per heavy atom. The van der Waals surface area contributed by atoms with Crippen LogP contribution in [0.4, 0.5) is 5.69 Å². The number of carbonyl (C=O) groups excluding carboxylic acids is 2. The number of pyridine rings is 1. The number of amides is 2. The smallest absolute Gasteiger partial charge is 0.256 e. The van der Waals surface area contributed by atoms with Crippen molar-refractivity contribution in [3.63, 3.8) is 0 Å². The number of nitrogens with zero attached hydrogens (tertiary/aromatic N) is 2. The van der Waals surface area contributed by atoms with Crippen LogP contribution in [0.1, 0.15) is 25.6 Å². The lowest BCUT2D eigenvalue weighted by molar-refractivity contribution is 0.0949. The molecule has 0 saturated carbocycles. The van der Waals surface area contributed by atoms with Crippen molar-refractivity contribution in [2.75, 3.05) is 5.32 Å². The average molecular weight is 495 g/mol. The summed E-state index contributed by atoms with van der Waals surface area (Å²) in [6.07, 6.45) is 3.57. The normalized spacial score (nSPS) is 12.4. The molecule has 6 nitrogen and oxygen atoms in total. The van der Waals surface area contributed by atoms with Crippen molar-refractivity contribution < 1.29 is 9.59 Å². The molecule has 0 atom stereocenters. The van der Waals surface area contributed by atoms with Crippen LogP contribution in [0.3, 0.4) is 0 Å². The van der Waals surface area contributed by atoms with Gasteiger partial charge in [-0.2, -0.15) is 0 Å². The van der Waals surface area contributed by atoms with Gasteiger partial charge >= 0.3 is 0 Å². The van der Waals surface area contributed by atoms with Crippen molar-refractivity contribution >= 4 is 51.5 Å². The van der Waals surface area contributed by atoms with E-state index in [2.05, 4.69) is 26.7 Å². The number of nitrogens with one attached hydrogen (secondary N) is 2. The molecule has 3 heterocycles. The lowest BCUT2D eigenvalue weighted by Gasteiger charge is -2.09. The van der Waals surface area contributed by atoms with Crippen LogP contribution in [0.2, 0.25) is 0 Å². The molecule has 0 unspecified atom stereocenters. The predicted octanol–water partition coefficient (Wildman–Crippen LogP) is 6.01. The van der Waals surface area contributed by atoms with Gasteiger partial charge < -0.3 is 10.6 Å². The molecule has 0 bridgehead atoms. The fourth-order valence-electron chi connectivity index (χ4n) is 3.91. The van der Waals surface area contributed by atoms with Gasteiger partial charge in [-0.15, -0.1) is 11.3 Å². The Balaban J connectivity index is 1.16. The Hall–Kier alpha value is -4.01. The lowest BCUT2D eigenvalue weighted by atomic mass is 10.1. The number of hydrogen-bond acceptors (Lipinski definition) is 6. The van der Waals surface area contributed by atoms with E-state index in [1.165, 1.54) is 11.8 Å². The Labute approximate surface area is 209 Å². The Bertz CT molecular complexity index is 1610. The third-order valence-electron chi connectivity index (χ3n) is 5.67. The Morgan fingerprint density at radius 3 is 2.80 bits per heavy atom. The molecular formula is C27H18N4O2S2. The zero-order valence-corrected chi connectivity index (χ0v) is 20.0. The Morgan fingerprint density at radius 2 is 1.86 bits per heavy atom. The van der Waals surface area contributed by atoms with E-state index < -0.39 is 0 Å². The molecule has 8 heteroatoms. The molecule has 6 rings (SSSR count). The van der Waals surface area contributed by atoms with Crippen molar-refractivity contribution in [2.24, 2.45) is 0 Å². The van der Waals surface area contributed by atoms with Crippen LogP contribution in [0.25, 0.3) is 21.5 Å². The van der Waals surface area contributed by atoms with Gasteiger partial charge in [0.25, 0.3) is 11.8 Å². The van der Waals surface area contributed by atoms with E-state index >= 15 is 0 Å². The van der Waals surface area contributed by atoms with Crippen molar-refractivity contribution in [3.05, 3.63) is 101 Å². The SMILES string of the molecule is O=C(NCc1cnc(-c2ccc3ncccc3c2)s1)c1ccc2c(c1)NC(=O)c1ccccc1S2. The van der Waals surface area contributed by atoms with Gasteiger partial charge in [0.1, 0.15) is 5.01 Å². The van der Waals surface area contributed by atoms with Crippen molar-refractivity contribution in [1.29, 1.82) is 0 Å². The van der Waals surface area contributed by atoms with E-state index in [0.717, 1.165) is 36.1 Å². The summed E-state index contributed by atoms with van der Waals surface area (Å²) in [5.41, 5.74) is 3.72. The third kappa shape index (κ3) is 4.29. The van der Waals surface area contributed by atoms with Gasteiger partial charge in [0, 0.05) is 43.6 Å². The summed E-state index contributed by atoms with van der Waals surface area (Å²) >= 11 is 3.06. The minimum Gasteiger partial charge on any atom is -0.347 e. The second-order valence-corrected chi connectivity index (χ2v) is 10.2. The largest absolute Gasteiger partial charge is 0.347 e. The summed E-state index contributed by atoms with van der Waals surface area (Å²) in [6.45, 7) is 0.370. The zero-order chi connectivity index (χ0) is 23.8. The fourth-order valence-corrected chi connectivity index (χ4v) is 5.77. The van der Waals surface area contributed by atoms with E-state index in [9.17, 15) is 9.59 Å². The van der Waals surface area contributed by atoms with Gasteiger partial charge in [0.05, 0.1) is 23.3 Å². The number of anilines is 1. The number of fused-ring (bicyclic) bond motifs is 3. The maximum atomic E-state index is 12.9. The highest BCUT2D eigenvalue weighted by molar-refractivity contribution is 7.99. The topological polar surface area (TPSA) is 84.0 Å². The van der Waals surface area contributed by atoms with Crippen molar-refractivity contribution in [3.8, 4) is 10.6 Å². The summed E-state index contributed by atoms with van der Waals surface area (Å²) in [7, 11) is 0. The summed E-state index contributed by atoms with van der Waals surface area (Å²) < 4.78 is 0. The zero-order valence-electron chi connectivity index (χ0n) is 18.3. The van der Waals surface area contributed by atoms with Gasteiger partial charge in [0.2, 0.25) is 0 Å². The van der Waals surface area contributed by atoms with E-state index in [1.54, 1.807) is 41.9 Å². The van der Waals surface area contributed by atoms with E-state index in [0.29, 0.717) is 23.4 Å². The lowest BCUT2D eigenvalue weighted by Crippen LogP contribution is -2.22. The quantitative estimate of drug-likeness (QED) is 0.320. The molecule has 5 aromatic rings. The molecule has 2 amide bonds. The Kier molecular flexibility index (Phi) is 5.52. The molecule has 1 aliphatic rings. The summed E-state index contributed by atoms with van der Waals surface area (Å²) in [5.74, 6) is -0.383. The second kappa shape index (κ2) is 8.98. The predicted molar refractivity (Wildman–Crippen MR) is 139 cm³/mol. The number of thiazole rings is 1. The van der Waals surface area contributed by atoms with Crippen LogP contribution in [-0.4, -0.2) is 21.8 Å². The number of aromatic nitrogens is 2. The molecule has 2 N–H and O–H groups in total. The van der Waals surface area contributed by atoms with Crippen LogP contribution >= 0.6 is 23.1 Å². The fraction of sp³-hybridized carbons (Fsp3) is 0.0370. The molecular weight excluding hydrogens is 476 g/mol. The van der Waals surface area contributed by atoms with E-state index in [1.807, 2.05) is 48.5 Å². The molecule has 0 aliphatic carbocycles. The second-order valence-electron chi connectivity index (χ2n) is 7.99. The highest BCUT2D eigenvalue weighted by Gasteiger charge is 2.20. The average Bonchev–Trinajstić information content (AvgIpc) is 3.32. The van der Waals surface area contributed by atoms with Crippen molar-refractivity contribution in [2.45, 2.75) is 16.3 Å². The first-order chi connectivity index (χ1) is 17.1. The minimum atomic E-state index is -0.208. The molecule has 170 valence electrons. The first kappa shape index (κ1) is 21.5. The van der Waals surface area contributed by atoms with E-state index in [4.69, 9.17) is 0 Å². The van der Waals surface area contributed by atoms with Gasteiger partial charge in [-0.05, 0) is 54.6 Å². The van der Waals surface area contributed by atoms with Crippen LogP contribution in [0.15, 0.2) is 95.0 Å². The number of hydrogen-bond donors (Lipinski definition) is 2. The molecule has 0 saturated heterocycles. The monoisotopic (exact) mass is 494 g/mol. The first-order valence-corrected chi connectivity index (χ1v) is 12.6. The van der Waals surface area contributed by atoms with Crippen LogP contribution < -0.4 is 10.6 Å².